The summed E-state index contributed by atoms with van der Waals surface area (Å²) in [7, 11) is 0. The number of ether oxygens (including phenoxy) is 1. The van der Waals surface area contributed by atoms with Gasteiger partial charge in [-0.2, -0.15) is 0 Å². The van der Waals surface area contributed by atoms with E-state index < -0.39 is 17.7 Å². The molecule has 122 valence electrons. The first-order valence-electron chi connectivity index (χ1n) is 6.66. The van der Waals surface area contributed by atoms with Gasteiger partial charge in [0.25, 0.3) is 0 Å². The van der Waals surface area contributed by atoms with E-state index in [0.29, 0.717) is 10.7 Å². The minimum absolute atomic E-state index is 0.323. The first-order valence-corrected chi connectivity index (χ1v) is 7.54. The maximum atomic E-state index is 13.0. The second-order valence-electron chi connectivity index (χ2n) is 5.14. The number of nitrogens with one attached hydrogen (secondary N) is 1. The number of carbonyl (C=O) groups excluding carboxylic acids is 2. The summed E-state index contributed by atoms with van der Waals surface area (Å²) in [6.45, 7) is 4.47. The number of carbonyl (C=O) groups is 2. The minimum atomic E-state index is -1.03. The van der Waals surface area contributed by atoms with Crippen LogP contribution in [0.3, 0.4) is 0 Å². The van der Waals surface area contributed by atoms with Crippen LogP contribution in [0.4, 0.5) is 9.18 Å². The van der Waals surface area contributed by atoms with Gasteiger partial charge in [-0.05, 0) is 38.1 Å². The molecule has 1 aromatic carbocycles. The van der Waals surface area contributed by atoms with E-state index in [2.05, 4.69) is 9.82 Å². The van der Waals surface area contributed by atoms with Crippen LogP contribution in [-0.4, -0.2) is 17.0 Å². The summed E-state index contributed by atoms with van der Waals surface area (Å²) in [4.78, 5) is 31.0. The zero-order valence-corrected chi connectivity index (χ0v) is 13.6. The fraction of sp³-hybridized carbons (Fsp3) is 0.267. The Labute approximate surface area is 136 Å². The first-order chi connectivity index (χ1) is 10.8. The van der Waals surface area contributed by atoms with Crippen LogP contribution in [0.25, 0.3) is 10.6 Å². The van der Waals surface area contributed by atoms with Crippen molar-refractivity contribution in [2.45, 2.75) is 26.4 Å². The van der Waals surface area contributed by atoms with E-state index in [-0.39, 0.29) is 5.82 Å². The molecule has 2 aromatic rings. The molecule has 0 aliphatic rings. The highest BCUT2D eigenvalue weighted by Gasteiger charge is 2.29. The summed E-state index contributed by atoms with van der Waals surface area (Å²) in [5.74, 6) is -0.983. The zero-order chi connectivity index (χ0) is 17.0. The Balaban J connectivity index is 2.10. The van der Waals surface area contributed by atoms with Crippen molar-refractivity contribution in [3.8, 4) is 10.6 Å². The molecule has 0 aliphatic heterocycles. The van der Waals surface area contributed by atoms with Gasteiger partial charge in [-0.25, -0.2) is 14.2 Å². The molecular weight excluding hydrogens is 323 g/mol. The first kappa shape index (κ1) is 16.9. The van der Waals surface area contributed by atoms with Crippen molar-refractivity contribution in [1.82, 2.24) is 10.5 Å². The quantitative estimate of drug-likeness (QED) is 0.868. The van der Waals surface area contributed by atoms with Gasteiger partial charge in [0.2, 0.25) is 0 Å². The highest BCUT2D eigenvalue weighted by molar-refractivity contribution is 7.13. The Morgan fingerprint density at radius 1 is 1.26 bits per heavy atom. The molecule has 0 saturated heterocycles. The number of amides is 1. The molecule has 2 rings (SSSR count). The topological polar surface area (TPSA) is 77.5 Å². The van der Waals surface area contributed by atoms with Gasteiger partial charge in [-0.1, -0.05) is 0 Å². The van der Waals surface area contributed by atoms with Gasteiger partial charge < -0.3 is 9.57 Å². The molecular formula is C15H15FN2O4S. The summed E-state index contributed by atoms with van der Waals surface area (Å²) < 4.78 is 18.2. The van der Waals surface area contributed by atoms with Crippen LogP contribution in [0.2, 0.25) is 0 Å². The van der Waals surface area contributed by atoms with Crippen LogP contribution in [0.15, 0.2) is 29.6 Å². The molecule has 1 heterocycles. The summed E-state index contributed by atoms with van der Waals surface area (Å²) >= 11 is 1.35. The zero-order valence-electron chi connectivity index (χ0n) is 12.8. The monoisotopic (exact) mass is 338 g/mol. The molecule has 0 saturated carbocycles. The third-order valence-corrected chi connectivity index (χ3v) is 3.73. The molecule has 6 nitrogen and oxygen atoms in total. The average molecular weight is 338 g/mol. The largest absolute Gasteiger partial charge is 0.441 e. The predicted octanol–water partition coefficient (Wildman–Crippen LogP) is 3.39. The third kappa shape index (κ3) is 4.49. The van der Waals surface area contributed by atoms with Crippen molar-refractivity contribution in [3.63, 3.8) is 0 Å². The van der Waals surface area contributed by atoms with E-state index >= 15 is 0 Å². The summed E-state index contributed by atoms with van der Waals surface area (Å²) in [5, 5.41) is 2.43. The molecule has 8 heteroatoms. The Bertz CT molecular complexity index is 713. The summed E-state index contributed by atoms with van der Waals surface area (Å²) in [6, 6.07) is 5.95. The van der Waals surface area contributed by atoms with Gasteiger partial charge in [0.1, 0.15) is 10.8 Å². The SMILES string of the molecule is CC(=O)ONC(=O)OC(C)(C)c1csc(-c2ccc(F)cc2)n1. The lowest BCUT2D eigenvalue weighted by Crippen LogP contribution is -2.34. The Kier molecular flexibility index (Phi) is 4.95. The number of thiazole rings is 1. The van der Waals surface area contributed by atoms with Crippen molar-refractivity contribution < 1.29 is 23.6 Å². The molecule has 1 aromatic heterocycles. The molecule has 0 bridgehead atoms. The number of hydroxylamine groups is 1. The summed E-state index contributed by atoms with van der Waals surface area (Å²) in [6.07, 6.45) is -0.901. The molecule has 0 radical (unpaired) electrons. The number of rotatable bonds is 3. The van der Waals surface area contributed by atoms with Crippen molar-refractivity contribution in [2.75, 3.05) is 0 Å². The highest BCUT2D eigenvalue weighted by atomic mass is 32.1. The van der Waals surface area contributed by atoms with Crippen LogP contribution in [0, 0.1) is 5.82 Å². The fourth-order valence-corrected chi connectivity index (χ4v) is 2.68. The minimum Gasteiger partial charge on any atom is -0.435 e. The molecule has 1 N–H and O–H groups in total. The molecule has 0 aliphatic carbocycles. The number of benzene rings is 1. The second kappa shape index (κ2) is 6.74. The van der Waals surface area contributed by atoms with Crippen LogP contribution in [0.1, 0.15) is 26.5 Å². The molecule has 1 amide bonds. The highest BCUT2D eigenvalue weighted by Crippen LogP contribution is 2.31. The lowest BCUT2D eigenvalue weighted by atomic mass is 10.1. The molecule has 23 heavy (non-hydrogen) atoms. The number of aromatic nitrogens is 1. The van der Waals surface area contributed by atoms with E-state index in [1.54, 1.807) is 31.4 Å². The van der Waals surface area contributed by atoms with Gasteiger partial charge in [-0.15, -0.1) is 16.8 Å². The van der Waals surface area contributed by atoms with Crippen molar-refractivity contribution >= 4 is 23.4 Å². The van der Waals surface area contributed by atoms with Crippen molar-refractivity contribution in [3.05, 3.63) is 41.2 Å². The fourth-order valence-electron chi connectivity index (χ4n) is 1.69. The van der Waals surface area contributed by atoms with Crippen LogP contribution < -0.4 is 5.48 Å². The predicted molar refractivity (Wildman–Crippen MR) is 81.9 cm³/mol. The Morgan fingerprint density at radius 3 is 2.52 bits per heavy atom. The van der Waals surface area contributed by atoms with E-state index in [1.807, 2.05) is 5.48 Å². The van der Waals surface area contributed by atoms with E-state index in [4.69, 9.17) is 4.74 Å². The van der Waals surface area contributed by atoms with Crippen molar-refractivity contribution in [2.24, 2.45) is 0 Å². The van der Waals surface area contributed by atoms with Gasteiger partial charge in [0.15, 0.2) is 5.60 Å². The van der Waals surface area contributed by atoms with Crippen LogP contribution in [-0.2, 0) is 20.0 Å². The molecule has 0 fully saturated rings. The van der Waals surface area contributed by atoms with E-state index in [9.17, 15) is 14.0 Å². The maximum absolute atomic E-state index is 13.0. The number of nitrogens with zero attached hydrogens (tertiary/aromatic N) is 1. The number of hydrogen-bond acceptors (Lipinski definition) is 6. The van der Waals surface area contributed by atoms with Crippen molar-refractivity contribution in [1.29, 1.82) is 0 Å². The maximum Gasteiger partial charge on any atom is 0.441 e. The standard InChI is InChI=1S/C15H15FN2O4S/c1-9(19)22-18-14(20)21-15(2,3)12-8-23-13(17-12)10-4-6-11(16)7-5-10/h4-8H,1-3H3,(H,18,20). The Morgan fingerprint density at radius 2 is 1.91 bits per heavy atom. The van der Waals surface area contributed by atoms with Gasteiger partial charge in [0.05, 0.1) is 5.69 Å². The van der Waals surface area contributed by atoms with E-state index in [0.717, 1.165) is 12.5 Å². The van der Waals surface area contributed by atoms with E-state index in [1.165, 1.54) is 23.5 Å². The third-order valence-electron chi connectivity index (χ3n) is 2.84. The normalized spacial score (nSPS) is 11.0. The van der Waals surface area contributed by atoms with Crippen LogP contribution in [0.5, 0.6) is 0 Å². The number of halogens is 1. The lowest BCUT2D eigenvalue weighted by Gasteiger charge is -2.22. The summed E-state index contributed by atoms with van der Waals surface area (Å²) in [5.41, 5.74) is 2.14. The van der Waals surface area contributed by atoms with Gasteiger partial charge in [-0.3, -0.25) is 4.79 Å². The van der Waals surface area contributed by atoms with Gasteiger partial charge in [0, 0.05) is 17.9 Å². The number of hydrogen-bond donors (Lipinski definition) is 1. The lowest BCUT2D eigenvalue weighted by molar-refractivity contribution is -0.147. The molecule has 0 unspecified atom stereocenters. The Hall–Kier alpha value is -2.48. The smallest absolute Gasteiger partial charge is 0.435 e. The average Bonchev–Trinajstić information content (AvgIpc) is 2.96. The van der Waals surface area contributed by atoms with Crippen LogP contribution >= 0.6 is 11.3 Å². The van der Waals surface area contributed by atoms with Gasteiger partial charge >= 0.3 is 12.1 Å². The molecule has 0 spiro atoms. The second-order valence-corrected chi connectivity index (χ2v) is 6.00. The molecule has 0 atom stereocenters.